The van der Waals surface area contributed by atoms with Crippen LogP contribution in [0.25, 0.3) is 0 Å². The van der Waals surface area contributed by atoms with Gasteiger partial charge in [-0.05, 0) is 41.8 Å². The molecule has 17 heavy (non-hydrogen) atoms. The Bertz CT molecular complexity index is 419. The number of hydrogen-bond acceptors (Lipinski definition) is 3. The number of anilines is 2. The second kappa shape index (κ2) is 4.82. The lowest BCUT2D eigenvalue weighted by Crippen LogP contribution is -2.43. The standard InChI is InChI=1S/C12H16BrFN2O/c1-12(3-2-4-17-7-12)16-11-6-9(14)8(13)5-10(11)15/h5-6,16H,2-4,7,15H2,1H3. The van der Waals surface area contributed by atoms with E-state index >= 15 is 0 Å². The van der Waals surface area contributed by atoms with Gasteiger partial charge >= 0.3 is 0 Å². The Morgan fingerprint density at radius 1 is 1.53 bits per heavy atom. The predicted octanol–water partition coefficient (Wildman–Crippen LogP) is 3.15. The highest BCUT2D eigenvalue weighted by molar-refractivity contribution is 9.10. The highest BCUT2D eigenvalue weighted by atomic mass is 79.9. The number of rotatable bonds is 2. The third-order valence-corrected chi connectivity index (χ3v) is 3.57. The molecule has 1 unspecified atom stereocenters. The van der Waals surface area contributed by atoms with Crippen LogP contribution in [0.3, 0.4) is 0 Å². The Morgan fingerprint density at radius 3 is 2.94 bits per heavy atom. The van der Waals surface area contributed by atoms with E-state index in [1.165, 1.54) is 6.07 Å². The van der Waals surface area contributed by atoms with E-state index in [-0.39, 0.29) is 11.4 Å². The Labute approximate surface area is 109 Å². The molecule has 1 aromatic carbocycles. The number of nitrogens with two attached hydrogens (primary N) is 1. The van der Waals surface area contributed by atoms with E-state index in [9.17, 15) is 4.39 Å². The van der Waals surface area contributed by atoms with Crippen LogP contribution >= 0.6 is 15.9 Å². The Hall–Kier alpha value is -0.810. The Kier molecular flexibility index (Phi) is 3.58. The van der Waals surface area contributed by atoms with Gasteiger partial charge in [0.25, 0.3) is 0 Å². The van der Waals surface area contributed by atoms with Crippen LogP contribution in [-0.4, -0.2) is 18.8 Å². The number of benzene rings is 1. The zero-order chi connectivity index (χ0) is 12.5. The van der Waals surface area contributed by atoms with Gasteiger partial charge in [-0.2, -0.15) is 0 Å². The topological polar surface area (TPSA) is 47.3 Å². The van der Waals surface area contributed by atoms with Gasteiger partial charge in [-0.1, -0.05) is 0 Å². The molecule has 0 spiro atoms. The lowest BCUT2D eigenvalue weighted by atomic mass is 9.94. The monoisotopic (exact) mass is 302 g/mol. The fraction of sp³-hybridized carbons (Fsp3) is 0.500. The Balaban J connectivity index is 2.20. The molecular weight excluding hydrogens is 287 g/mol. The molecule has 0 aliphatic carbocycles. The van der Waals surface area contributed by atoms with Gasteiger partial charge in [-0.25, -0.2) is 4.39 Å². The summed E-state index contributed by atoms with van der Waals surface area (Å²) in [5, 5.41) is 3.28. The second-order valence-electron chi connectivity index (χ2n) is 4.70. The van der Waals surface area contributed by atoms with Crippen LogP contribution in [0.1, 0.15) is 19.8 Å². The van der Waals surface area contributed by atoms with E-state index < -0.39 is 0 Å². The number of nitrogens with one attached hydrogen (secondary N) is 1. The van der Waals surface area contributed by atoms with E-state index in [1.807, 2.05) is 0 Å². The lowest BCUT2D eigenvalue weighted by molar-refractivity contribution is 0.0540. The van der Waals surface area contributed by atoms with E-state index in [4.69, 9.17) is 10.5 Å². The van der Waals surface area contributed by atoms with Crippen molar-refractivity contribution < 1.29 is 9.13 Å². The number of halogens is 2. The summed E-state index contributed by atoms with van der Waals surface area (Å²) in [7, 11) is 0. The van der Waals surface area contributed by atoms with Gasteiger partial charge < -0.3 is 15.8 Å². The molecule has 3 nitrogen and oxygen atoms in total. The summed E-state index contributed by atoms with van der Waals surface area (Å²) in [4.78, 5) is 0. The first-order valence-corrected chi connectivity index (χ1v) is 6.40. The van der Waals surface area contributed by atoms with E-state index in [2.05, 4.69) is 28.2 Å². The summed E-state index contributed by atoms with van der Waals surface area (Å²) in [6.07, 6.45) is 1.99. The van der Waals surface area contributed by atoms with Crippen molar-refractivity contribution in [3.63, 3.8) is 0 Å². The van der Waals surface area contributed by atoms with E-state index in [1.54, 1.807) is 6.07 Å². The van der Waals surface area contributed by atoms with Crippen molar-refractivity contribution in [1.29, 1.82) is 0 Å². The minimum atomic E-state index is -0.318. The molecule has 2 rings (SSSR count). The maximum Gasteiger partial charge on any atom is 0.139 e. The maximum absolute atomic E-state index is 13.5. The molecule has 1 aromatic rings. The first-order chi connectivity index (χ1) is 8.00. The summed E-state index contributed by atoms with van der Waals surface area (Å²) >= 11 is 3.11. The number of ether oxygens (including phenoxy) is 1. The third-order valence-electron chi connectivity index (χ3n) is 2.97. The van der Waals surface area contributed by atoms with Crippen molar-refractivity contribution >= 4 is 27.3 Å². The minimum absolute atomic E-state index is 0.174. The van der Waals surface area contributed by atoms with E-state index in [0.29, 0.717) is 22.5 Å². The summed E-state index contributed by atoms with van der Waals surface area (Å²) in [5.41, 5.74) is 6.85. The highest BCUT2D eigenvalue weighted by Gasteiger charge is 2.28. The zero-order valence-electron chi connectivity index (χ0n) is 9.72. The van der Waals surface area contributed by atoms with Crippen molar-refractivity contribution in [3.8, 4) is 0 Å². The summed E-state index contributed by atoms with van der Waals surface area (Å²) < 4.78 is 19.3. The molecule has 5 heteroatoms. The molecular formula is C12H16BrFN2O. The van der Waals surface area contributed by atoms with Crippen molar-refractivity contribution in [1.82, 2.24) is 0 Å². The van der Waals surface area contributed by atoms with Crippen molar-refractivity contribution in [2.75, 3.05) is 24.3 Å². The molecule has 0 amide bonds. The van der Waals surface area contributed by atoms with Gasteiger partial charge in [-0.15, -0.1) is 0 Å². The molecule has 0 saturated carbocycles. The third kappa shape index (κ3) is 2.90. The average Bonchev–Trinajstić information content (AvgIpc) is 2.26. The lowest BCUT2D eigenvalue weighted by Gasteiger charge is -2.35. The number of nitrogen functional groups attached to an aromatic ring is 1. The average molecular weight is 303 g/mol. The van der Waals surface area contributed by atoms with Crippen LogP contribution in [0.4, 0.5) is 15.8 Å². The molecule has 0 bridgehead atoms. The normalized spacial score (nSPS) is 24.6. The SMILES string of the molecule is CC1(Nc2cc(F)c(Br)cc2N)CCCOC1. The Morgan fingerprint density at radius 2 is 2.29 bits per heavy atom. The zero-order valence-corrected chi connectivity index (χ0v) is 11.3. The minimum Gasteiger partial charge on any atom is -0.397 e. The highest BCUT2D eigenvalue weighted by Crippen LogP contribution is 2.31. The summed E-state index contributed by atoms with van der Waals surface area (Å²) in [5.74, 6) is -0.318. The quantitative estimate of drug-likeness (QED) is 0.825. The van der Waals surface area contributed by atoms with Gasteiger partial charge in [-0.3, -0.25) is 0 Å². The molecule has 94 valence electrons. The fourth-order valence-corrected chi connectivity index (χ4v) is 2.39. The van der Waals surface area contributed by atoms with Crippen LogP contribution in [0.5, 0.6) is 0 Å². The molecule has 1 heterocycles. The number of hydrogen-bond donors (Lipinski definition) is 2. The molecule has 1 fully saturated rings. The predicted molar refractivity (Wildman–Crippen MR) is 70.6 cm³/mol. The van der Waals surface area contributed by atoms with Gasteiger partial charge in [0.15, 0.2) is 0 Å². The summed E-state index contributed by atoms with van der Waals surface area (Å²) in [6, 6.07) is 2.99. The largest absolute Gasteiger partial charge is 0.397 e. The first-order valence-electron chi connectivity index (χ1n) is 5.61. The smallest absolute Gasteiger partial charge is 0.139 e. The van der Waals surface area contributed by atoms with Crippen LogP contribution in [0, 0.1) is 5.82 Å². The molecule has 1 aliphatic rings. The van der Waals surface area contributed by atoms with Gasteiger partial charge in [0.1, 0.15) is 5.82 Å². The van der Waals surface area contributed by atoms with Crippen LogP contribution in [0.2, 0.25) is 0 Å². The molecule has 1 aliphatic heterocycles. The van der Waals surface area contributed by atoms with Crippen molar-refractivity contribution in [2.45, 2.75) is 25.3 Å². The van der Waals surface area contributed by atoms with Crippen LogP contribution in [-0.2, 0) is 4.74 Å². The molecule has 0 radical (unpaired) electrons. The maximum atomic E-state index is 13.5. The van der Waals surface area contributed by atoms with Crippen molar-refractivity contribution in [2.24, 2.45) is 0 Å². The molecule has 1 atom stereocenters. The first kappa shape index (κ1) is 12.6. The molecule has 3 N–H and O–H groups in total. The summed E-state index contributed by atoms with van der Waals surface area (Å²) in [6.45, 7) is 3.47. The van der Waals surface area contributed by atoms with Gasteiger partial charge in [0.05, 0.1) is 28.0 Å². The molecule has 0 aromatic heterocycles. The van der Waals surface area contributed by atoms with Crippen LogP contribution < -0.4 is 11.1 Å². The fourth-order valence-electron chi connectivity index (χ4n) is 2.03. The van der Waals surface area contributed by atoms with Gasteiger partial charge in [0.2, 0.25) is 0 Å². The molecule has 1 saturated heterocycles. The van der Waals surface area contributed by atoms with Crippen molar-refractivity contribution in [3.05, 3.63) is 22.4 Å². The van der Waals surface area contributed by atoms with Gasteiger partial charge in [0, 0.05) is 12.7 Å². The van der Waals surface area contributed by atoms with E-state index in [0.717, 1.165) is 19.4 Å². The second-order valence-corrected chi connectivity index (χ2v) is 5.55. The van der Waals surface area contributed by atoms with Crippen LogP contribution in [0.15, 0.2) is 16.6 Å².